The van der Waals surface area contributed by atoms with Crippen LogP contribution in [0.15, 0.2) is 303 Å². The van der Waals surface area contributed by atoms with E-state index in [2.05, 4.69) is 282 Å². The van der Waals surface area contributed by atoms with E-state index in [1.807, 2.05) is 121 Å². The van der Waals surface area contributed by atoms with Crippen LogP contribution in [0, 0.1) is 33.6 Å². The highest BCUT2D eigenvalue weighted by Gasteiger charge is 2.30. The summed E-state index contributed by atoms with van der Waals surface area (Å²) in [6, 6.07) is 102. The lowest BCUT2D eigenvalue weighted by Gasteiger charge is -2.20. The molecule has 630 valence electrons. The maximum absolute atomic E-state index is 12.2. The van der Waals surface area contributed by atoms with Gasteiger partial charge in [0.05, 0.1) is 66.2 Å². The summed E-state index contributed by atoms with van der Waals surface area (Å²) in [6.07, 6.45) is 5.83. The summed E-state index contributed by atoms with van der Waals surface area (Å²) in [5.41, 5.74) is 22.4. The van der Waals surface area contributed by atoms with E-state index in [9.17, 15) is 9.59 Å². The number of hydrogen-bond donors (Lipinski definition) is 2. The van der Waals surface area contributed by atoms with Gasteiger partial charge in [0.15, 0.2) is 0 Å². The van der Waals surface area contributed by atoms with Crippen molar-refractivity contribution in [1.82, 2.24) is 57.3 Å². The summed E-state index contributed by atoms with van der Waals surface area (Å²) < 4.78 is 13.3. The molecule has 0 unspecified atom stereocenters. The van der Waals surface area contributed by atoms with Gasteiger partial charge in [0, 0.05) is 71.3 Å². The average Bonchev–Trinajstić information content (AvgIpc) is 1.62. The molecule has 1 aliphatic rings. The number of rotatable bonds is 20. The molecule has 1 saturated carbocycles. The van der Waals surface area contributed by atoms with Gasteiger partial charge in [0.2, 0.25) is 11.8 Å². The molecule has 0 saturated heterocycles. The molecule has 0 atom stereocenters. The second-order valence-corrected chi connectivity index (χ2v) is 34.2. The van der Waals surface area contributed by atoms with Crippen LogP contribution in [0.3, 0.4) is 0 Å². The predicted octanol–water partition coefficient (Wildman–Crippen LogP) is 25.5. The van der Waals surface area contributed by atoms with Crippen molar-refractivity contribution in [1.29, 1.82) is 0 Å². The van der Waals surface area contributed by atoms with Gasteiger partial charge in [0.25, 0.3) is 0 Å². The normalized spacial score (nSPS) is 11.8. The summed E-state index contributed by atoms with van der Waals surface area (Å²) in [6.45, 7) is 27.7. The molecule has 18 aromatic rings. The van der Waals surface area contributed by atoms with E-state index in [4.69, 9.17) is 43.1 Å². The Morgan fingerprint density at radius 1 is 0.387 bits per heavy atom. The van der Waals surface area contributed by atoms with Crippen LogP contribution in [0.4, 0.5) is 11.4 Å². The number of hydrogen-bond acceptors (Lipinski definition) is 8. The van der Waals surface area contributed by atoms with Crippen molar-refractivity contribution in [3.05, 3.63) is 382 Å². The fourth-order valence-electron chi connectivity index (χ4n) is 15.7. The largest absolute Gasteiger partial charge is 0.325 e. The van der Waals surface area contributed by atoms with Crippen LogP contribution < -0.4 is 10.6 Å². The Kier molecular flexibility index (Phi) is 28.7. The van der Waals surface area contributed by atoms with E-state index in [0.717, 1.165) is 129 Å². The molecule has 12 aromatic carbocycles. The first kappa shape index (κ1) is 87.3. The highest BCUT2D eigenvalue weighted by Crippen LogP contribution is 2.41. The summed E-state index contributed by atoms with van der Waals surface area (Å²) in [7, 11) is 0. The first-order valence-electron chi connectivity index (χ1n) is 43.0. The Balaban J connectivity index is 0.000000121. The average molecular weight is 1680 g/mol. The third-order valence-electron chi connectivity index (χ3n) is 22.3. The van der Waals surface area contributed by atoms with Gasteiger partial charge in [0.1, 0.15) is 48.0 Å². The van der Waals surface area contributed by atoms with Crippen molar-refractivity contribution in [2.75, 3.05) is 10.6 Å². The minimum Gasteiger partial charge on any atom is -0.325 e. The summed E-state index contributed by atoms with van der Waals surface area (Å²) >= 11 is 11.8. The number of para-hydroxylation sites is 12. The van der Waals surface area contributed by atoms with Crippen LogP contribution >= 0.6 is 23.2 Å². The maximum Gasteiger partial charge on any atom is 0.244 e. The van der Waals surface area contributed by atoms with Crippen molar-refractivity contribution < 1.29 is 9.59 Å². The van der Waals surface area contributed by atoms with Gasteiger partial charge in [-0.05, 0) is 208 Å². The molecule has 2 N–H and O–H groups in total. The van der Waals surface area contributed by atoms with Gasteiger partial charge in [-0.25, -0.2) is 29.9 Å². The van der Waals surface area contributed by atoms with Crippen molar-refractivity contribution in [3.8, 4) is 0 Å². The predicted molar refractivity (Wildman–Crippen MR) is 512 cm³/mol. The van der Waals surface area contributed by atoms with E-state index >= 15 is 0 Å². The number of carbonyl (C=O) groups is 2. The van der Waals surface area contributed by atoms with Crippen molar-refractivity contribution in [2.45, 2.75) is 165 Å². The van der Waals surface area contributed by atoms with E-state index in [1.165, 1.54) is 79.9 Å². The first-order valence-corrected chi connectivity index (χ1v) is 43.8. The van der Waals surface area contributed by atoms with E-state index in [1.54, 1.807) is 24.3 Å². The number of aryl methyl sites for hydroxylation is 4. The van der Waals surface area contributed by atoms with E-state index in [0.29, 0.717) is 22.8 Å². The molecule has 124 heavy (non-hydrogen) atoms. The fraction of sp³-hybridized carbons (Fsp3) is 0.245. The number of benzene rings is 12. The quantitative estimate of drug-likeness (QED) is 0.0761. The first-order chi connectivity index (χ1) is 60.1. The monoisotopic (exact) mass is 1680 g/mol. The molecule has 6 heterocycles. The lowest BCUT2D eigenvalue weighted by molar-refractivity contribution is -0.117. The zero-order valence-electron chi connectivity index (χ0n) is 72.8. The zero-order chi connectivity index (χ0) is 86.8. The van der Waals surface area contributed by atoms with Gasteiger partial charge in [-0.15, -0.1) is 0 Å². The molecule has 19 rings (SSSR count). The molecule has 2 amide bonds. The SMILES string of the molecule is CC(C)(C)c1nc2ccccc2n1Cc1ccccc1.CC(C)Cc1nc2ccccc2n1Cc1ccc(Cl)cc1.CCC(CC)c1nc2ccccc2n1Cc1ccccc1.Cc1ccc(NC(=O)Cn2c(C)nc3ccccc32)cc1.Cc1ccccc1Cn1c(C2CC2)nc2ccccc21.Cc1nc2ccccc2n1CC(=O)Nc1ccc(Cl)cc1. The number of nitrogens with zero attached hydrogens (tertiary/aromatic N) is 12. The molecular formula is C106H110Cl2N14O2. The second-order valence-electron chi connectivity index (χ2n) is 33.3. The number of nitrogens with one attached hydrogen (secondary N) is 2. The van der Waals surface area contributed by atoms with Crippen LogP contribution in [0.2, 0.25) is 10.0 Å². The van der Waals surface area contributed by atoms with Crippen LogP contribution in [0.25, 0.3) is 66.2 Å². The minimum absolute atomic E-state index is 0.0355. The molecule has 1 fully saturated rings. The lowest BCUT2D eigenvalue weighted by atomic mass is 9.95. The minimum atomic E-state index is -0.0939. The third kappa shape index (κ3) is 22.2. The van der Waals surface area contributed by atoms with Crippen LogP contribution in [-0.2, 0) is 60.7 Å². The third-order valence-corrected chi connectivity index (χ3v) is 22.8. The highest BCUT2D eigenvalue weighted by molar-refractivity contribution is 6.31. The molecule has 18 heteroatoms. The van der Waals surface area contributed by atoms with E-state index in [-0.39, 0.29) is 30.3 Å². The zero-order valence-corrected chi connectivity index (χ0v) is 74.3. The standard InChI is InChI=1S/C19H22N2.C18H19ClN2.C18H18N2.C18H20N2.C17H17N3O.C16H14ClN3O/c1-3-16(4-2)19-20-17-12-8-9-13-18(17)21(19)14-15-10-6-5-7-11-15;1-13(2)11-18-20-16-5-3-4-6-17(16)21(18)12-14-7-9-15(19)10-8-14;1-13-6-2-3-7-15(13)12-20-17-9-5-4-8-16(17)19-18(20)14-10-11-14;1-18(2,3)17-19-15-11-7-8-12-16(15)20(17)13-14-9-5-4-6-10-14;1-12-7-9-14(10-8-12)19-17(21)11-20-13(2)18-15-5-3-4-6-16(15)20;1-11-18-14-4-2-3-5-15(14)20(11)10-16(21)19-13-8-6-12(17)7-9-13/h5-13,16H,3-4,14H2,1-2H3;3-10,13H,11-12H2,1-2H3;2-9,14H,10-12H2,1H3;4-12H,13H2,1-3H3;3-10H,11H2,1-2H3,(H,19,21);2-9H,10H2,1H3,(H,19,21). The summed E-state index contributed by atoms with van der Waals surface area (Å²) in [5.74, 6) is 8.10. The smallest absolute Gasteiger partial charge is 0.244 e. The Labute approximate surface area is 737 Å². The highest BCUT2D eigenvalue weighted by atomic mass is 35.5. The van der Waals surface area contributed by atoms with Crippen molar-refractivity contribution >= 4 is 113 Å². The molecular weight excluding hydrogens is 1570 g/mol. The molecule has 0 radical (unpaired) electrons. The maximum atomic E-state index is 12.2. The molecule has 0 bridgehead atoms. The summed E-state index contributed by atoms with van der Waals surface area (Å²) in [5, 5.41) is 7.18. The number of fused-ring (bicyclic) bond motifs is 6. The molecule has 0 aliphatic heterocycles. The van der Waals surface area contributed by atoms with Gasteiger partial charge in [-0.1, -0.05) is 259 Å². The Hall–Kier alpha value is -13.0. The second kappa shape index (κ2) is 40.8. The number of imidazole rings is 6. The van der Waals surface area contributed by atoms with Crippen LogP contribution in [0.1, 0.15) is 154 Å². The summed E-state index contributed by atoms with van der Waals surface area (Å²) in [4.78, 5) is 52.7. The Morgan fingerprint density at radius 3 is 1.23 bits per heavy atom. The van der Waals surface area contributed by atoms with Gasteiger partial charge >= 0.3 is 0 Å². The number of halogens is 2. The lowest BCUT2D eigenvalue weighted by Crippen LogP contribution is -2.19. The van der Waals surface area contributed by atoms with Crippen molar-refractivity contribution in [2.24, 2.45) is 5.92 Å². The number of anilines is 2. The van der Waals surface area contributed by atoms with Crippen molar-refractivity contribution in [3.63, 3.8) is 0 Å². The van der Waals surface area contributed by atoms with Crippen LogP contribution in [0.5, 0.6) is 0 Å². The number of aromatic nitrogens is 12. The fourth-order valence-corrected chi connectivity index (χ4v) is 15.9. The topological polar surface area (TPSA) is 165 Å². The molecule has 16 nitrogen and oxygen atoms in total. The molecule has 6 aromatic heterocycles. The molecule has 1 aliphatic carbocycles. The van der Waals surface area contributed by atoms with Gasteiger partial charge < -0.3 is 38.0 Å². The van der Waals surface area contributed by atoms with Gasteiger partial charge in [-0.2, -0.15) is 0 Å². The van der Waals surface area contributed by atoms with Gasteiger partial charge in [-0.3, -0.25) is 9.59 Å². The van der Waals surface area contributed by atoms with E-state index < -0.39 is 0 Å². The molecule has 0 spiro atoms. The van der Waals surface area contributed by atoms with Crippen LogP contribution in [-0.4, -0.2) is 69.1 Å². The Bertz CT molecular complexity index is 6440. The number of carbonyl (C=O) groups excluding carboxylic acids is 2. The Morgan fingerprint density at radius 2 is 0.758 bits per heavy atom. The number of amides is 2.